The van der Waals surface area contributed by atoms with E-state index in [1.807, 2.05) is 25.1 Å². The molecular weight excluding hydrogens is 463 g/mol. The Hall–Kier alpha value is -2.69. The number of rotatable bonds is 7. The number of imidazole rings is 1. The van der Waals surface area contributed by atoms with Crippen LogP contribution in [0.1, 0.15) is 17.0 Å². The lowest BCUT2D eigenvalue weighted by molar-refractivity contribution is -0.129. The molecule has 1 N–H and O–H groups in total. The van der Waals surface area contributed by atoms with Gasteiger partial charge in [-0.25, -0.2) is 17.8 Å². The second-order valence-electron chi connectivity index (χ2n) is 7.81. The highest BCUT2D eigenvalue weighted by Crippen LogP contribution is 2.21. The van der Waals surface area contributed by atoms with E-state index in [1.54, 1.807) is 4.90 Å². The molecule has 33 heavy (non-hydrogen) atoms. The molecule has 3 aromatic rings. The zero-order valence-electron chi connectivity index (χ0n) is 18.2. The topological polar surface area (TPSA) is 86.4 Å². The molecule has 1 fully saturated rings. The van der Waals surface area contributed by atoms with Gasteiger partial charge in [-0.3, -0.25) is 4.79 Å². The SMILES string of the molecule is Cc1[nH]c(SCC(=O)N2CCN(S(=O)(=O)c3cccc(F)c3)CC2)nc1Cc1ccccc1. The van der Waals surface area contributed by atoms with Gasteiger partial charge in [0.2, 0.25) is 15.9 Å². The zero-order chi connectivity index (χ0) is 23.4. The highest BCUT2D eigenvalue weighted by atomic mass is 32.2. The number of nitrogens with zero attached hydrogens (tertiary/aromatic N) is 3. The van der Waals surface area contributed by atoms with E-state index in [9.17, 15) is 17.6 Å². The Labute approximate surface area is 197 Å². The van der Waals surface area contributed by atoms with E-state index < -0.39 is 15.8 Å². The molecule has 2 heterocycles. The molecule has 0 aliphatic carbocycles. The van der Waals surface area contributed by atoms with Crippen LogP contribution in [0.2, 0.25) is 0 Å². The number of amides is 1. The number of piperazine rings is 1. The summed E-state index contributed by atoms with van der Waals surface area (Å²) < 4.78 is 40.2. The molecule has 1 aromatic heterocycles. The zero-order valence-corrected chi connectivity index (χ0v) is 19.8. The smallest absolute Gasteiger partial charge is 0.243 e. The average molecular weight is 489 g/mol. The van der Waals surface area contributed by atoms with Gasteiger partial charge in [0.1, 0.15) is 5.82 Å². The van der Waals surface area contributed by atoms with Crippen LogP contribution in [0, 0.1) is 12.7 Å². The largest absolute Gasteiger partial charge is 0.339 e. The third kappa shape index (κ3) is 5.63. The summed E-state index contributed by atoms with van der Waals surface area (Å²) in [4.78, 5) is 22.1. The monoisotopic (exact) mass is 488 g/mol. The molecule has 10 heteroatoms. The number of H-pyrrole nitrogens is 1. The number of aromatic nitrogens is 2. The van der Waals surface area contributed by atoms with Crippen LogP contribution in [0.4, 0.5) is 4.39 Å². The van der Waals surface area contributed by atoms with Crippen molar-refractivity contribution >= 4 is 27.7 Å². The molecule has 0 atom stereocenters. The van der Waals surface area contributed by atoms with Crippen molar-refractivity contribution in [3.05, 3.63) is 77.4 Å². The number of sulfonamides is 1. The van der Waals surface area contributed by atoms with Crippen LogP contribution in [0.25, 0.3) is 0 Å². The van der Waals surface area contributed by atoms with E-state index in [1.165, 1.54) is 39.8 Å². The molecule has 0 unspecified atom stereocenters. The van der Waals surface area contributed by atoms with Gasteiger partial charge in [0.05, 0.1) is 16.3 Å². The number of carbonyl (C=O) groups is 1. The van der Waals surface area contributed by atoms with E-state index in [4.69, 9.17) is 0 Å². The molecule has 0 radical (unpaired) electrons. The van der Waals surface area contributed by atoms with Gasteiger partial charge < -0.3 is 9.88 Å². The van der Waals surface area contributed by atoms with Crippen LogP contribution in [0.5, 0.6) is 0 Å². The number of nitrogens with one attached hydrogen (secondary N) is 1. The predicted octanol–water partition coefficient (Wildman–Crippen LogP) is 3.07. The first-order chi connectivity index (χ1) is 15.8. The molecule has 174 valence electrons. The quantitative estimate of drug-likeness (QED) is 0.517. The van der Waals surface area contributed by atoms with E-state index >= 15 is 0 Å². The molecule has 0 bridgehead atoms. The normalized spacial score (nSPS) is 15.0. The fourth-order valence-corrected chi connectivity index (χ4v) is 5.97. The van der Waals surface area contributed by atoms with Crippen molar-refractivity contribution in [2.75, 3.05) is 31.9 Å². The van der Waals surface area contributed by atoms with E-state index in [0.29, 0.717) is 18.2 Å². The molecule has 1 saturated heterocycles. The van der Waals surface area contributed by atoms with Crippen LogP contribution in [0.15, 0.2) is 64.6 Å². The summed E-state index contributed by atoms with van der Waals surface area (Å²) in [6, 6.07) is 15.1. The van der Waals surface area contributed by atoms with Crippen LogP contribution < -0.4 is 0 Å². The van der Waals surface area contributed by atoms with E-state index in [0.717, 1.165) is 23.9 Å². The third-order valence-corrected chi connectivity index (χ3v) is 8.29. The summed E-state index contributed by atoms with van der Waals surface area (Å²) in [5.74, 6) is -0.447. The van der Waals surface area contributed by atoms with Crippen LogP contribution in [0.3, 0.4) is 0 Å². The first kappa shape index (κ1) is 23.5. The molecule has 2 aromatic carbocycles. The van der Waals surface area contributed by atoms with Crippen molar-refractivity contribution in [2.24, 2.45) is 0 Å². The molecule has 1 amide bonds. The molecule has 0 saturated carbocycles. The summed E-state index contributed by atoms with van der Waals surface area (Å²) in [5.41, 5.74) is 3.10. The van der Waals surface area contributed by atoms with Crippen LogP contribution in [-0.4, -0.2) is 65.4 Å². The number of aromatic amines is 1. The standard InChI is InChI=1S/C23H25FN4O3S2/c1-17-21(14-18-6-3-2-4-7-18)26-23(25-17)32-16-22(29)27-10-12-28(13-11-27)33(30,31)20-9-5-8-19(24)15-20/h2-9,15H,10-14,16H2,1H3,(H,25,26). The van der Waals surface area contributed by atoms with Crippen molar-refractivity contribution < 1.29 is 17.6 Å². The maximum absolute atomic E-state index is 13.4. The summed E-state index contributed by atoms with van der Waals surface area (Å²) in [6.45, 7) is 2.91. The highest BCUT2D eigenvalue weighted by molar-refractivity contribution is 7.99. The summed E-state index contributed by atoms with van der Waals surface area (Å²) in [5, 5.41) is 0.694. The lowest BCUT2D eigenvalue weighted by Crippen LogP contribution is -2.51. The fraction of sp³-hybridized carbons (Fsp3) is 0.304. The number of aryl methyl sites for hydroxylation is 1. The minimum absolute atomic E-state index is 0.0681. The number of hydrogen-bond donors (Lipinski definition) is 1. The Morgan fingerprint density at radius 2 is 1.82 bits per heavy atom. The van der Waals surface area contributed by atoms with Crippen molar-refractivity contribution in [2.45, 2.75) is 23.4 Å². The predicted molar refractivity (Wildman–Crippen MR) is 125 cm³/mol. The van der Waals surface area contributed by atoms with Gasteiger partial charge >= 0.3 is 0 Å². The van der Waals surface area contributed by atoms with Gasteiger partial charge in [-0.2, -0.15) is 4.31 Å². The molecule has 1 aliphatic heterocycles. The Bertz CT molecular complexity index is 1220. The highest BCUT2D eigenvalue weighted by Gasteiger charge is 2.30. The van der Waals surface area contributed by atoms with E-state index in [-0.39, 0.29) is 29.6 Å². The molecule has 1 aliphatic rings. The number of hydrogen-bond acceptors (Lipinski definition) is 5. The molecule has 7 nitrogen and oxygen atoms in total. The van der Waals surface area contributed by atoms with Crippen LogP contribution >= 0.6 is 11.8 Å². The first-order valence-electron chi connectivity index (χ1n) is 10.6. The number of halogens is 1. The number of benzene rings is 2. The Morgan fingerprint density at radius 1 is 1.09 bits per heavy atom. The van der Waals surface area contributed by atoms with E-state index in [2.05, 4.69) is 22.1 Å². The Balaban J connectivity index is 1.30. The summed E-state index contributed by atoms with van der Waals surface area (Å²) >= 11 is 1.34. The summed E-state index contributed by atoms with van der Waals surface area (Å²) in [7, 11) is -3.78. The summed E-state index contributed by atoms with van der Waals surface area (Å²) in [6.07, 6.45) is 0.722. The molecule has 0 spiro atoms. The maximum Gasteiger partial charge on any atom is 0.243 e. The van der Waals surface area contributed by atoms with Gasteiger partial charge in [0.15, 0.2) is 5.16 Å². The minimum Gasteiger partial charge on any atom is -0.339 e. The van der Waals surface area contributed by atoms with Gasteiger partial charge in [-0.15, -0.1) is 0 Å². The lowest BCUT2D eigenvalue weighted by Gasteiger charge is -2.34. The lowest BCUT2D eigenvalue weighted by atomic mass is 10.1. The Morgan fingerprint density at radius 3 is 2.52 bits per heavy atom. The van der Waals surface area contributed by atoms with Crippen molar-refractivity contribution in [1.29, 1.82) is 0 Å². The van der Waals surface area contributed by atoms with Crippen molar-refractivity contribution in [3.8, 4) is 0 Å². The fourth-order valence-electron chi connectivity index (χ4n) is 3.67. The van der Waals surface area contributed by atoms with Crippen LogP contribution in [-0.2, 0) is 21.2 Å². The molecular formula is C23H25FN4O3S2. The number of thioether (sulfide) groups is 1. The van der Waals surface area contributed by atoms with Gasteiger partial charge in [0, 0.05) is 38.3 Å². The third-order valence-electron chi connectivity index (χ3n) is 5.54. The van der Waals surface area contributed by atoms with Gasteiger partial charge in [0.25, 0.3) is 0 Å². The van der Waals surface area contributed by atoms with Gasteiger partial charge in [-0.05, 0) is 30.7 Å². The number of carbonyl (C=O) groups excluding carboxylic acids is 1. The van der Waals surface area contributed by atoms with Crippen molar-refractivity contribution in [1.82, 2.24) is 19.2 Å². The second kappa shape index (κ2) is 10.1. The minimum atomic E-state index is -3.78. The Kier molecular flexibility index (Phi) is 7.16. The molecule has 4 rings (SSSR count). The average Bonchev–Trinajstić information content (AvgIpc) is 3.17. The second-order valence-corrected chi connectivity index (χ2v) is 10.7. The van der Waals surface area contributed by atoms with Crippen molar-refractivity contribution in [3.63, 3.8) is 0 Å². The first-order valence-corrected chi connectivity index (χ1v) is 13.0. The maximum atomic E-state index is 13.4. The van der Waals surface area contributed by atoms with Gasteiger partial charge in [-0.1, -0.05) is 48.2 Å².